The molecule has 0 aliphatic carbocycles. The maximum Gasteiger partial charge on any atom is 0.326 e. The van der Waals surface area contributed by atoms with Gasteiger partial charge in [-0.1, -0.05) is 0 Å². The van der Waals surface area contributed by atoms with E-state index < -0.39 is 26.3 Å². The normalized spacial score (nSPS) is 11.9. The Morgan fingerprint density at radius 3 is 2.41 bits per heavy atom. The van der Waals surface area contributed by atoms with Gasteiger partial charge in [0.15, 0.2) is 0 Å². The summed E-state index contributed by atoms with van der Waals surface area (Å²) >= 11 is 0. The molecule has 8 heteroatoms. The summed E-state index contributed by atoms with van der Waals surface area (Å²) in [5.74, 6) is 0. The van der Waals surface area contributed by atoms with Gasteiger partial charge in [0.05, 0.1) is 10.9 Å². The second-order valence-corrected chi connectivity index (χ2v) is 4.96. The van der Waals surface area contributed by atoms with Gasteiger partial charge >= 0.3 is 5.69 Å². The molecule has 90 valence electrons. The van der Waals surface area contributed by atoms with Gasteiger partial charge in [-0.05, 0) is 24.6 Å². The van der Waals surface area contributed by atoms with Crippen LogP contribution in [-0.2, 0) is 10.1 Å². The highest BCUT2D eigenvalue weighted by molar-refractivity contribution is 7.86. The largest absolute Gasteiger partial charge is 0.326 e. The number of aromatic amines is 2. The zero-order valence-corrected chi connectivity index (χ0v) is 9.46. The van der Waals surface area contributed by atoms with Crippen LogP contribution >= 0.6 is 0 Å². The first kappa shape index (κ1) is 11.6. The lowest BCUT2D eigenvalue weighted by atomic mass is 10.2. The fraction of sp³-hybridized carbons (Fsp3) is 0.111. The summed E-state index contributed by atoms with van der Waals surface area (Å²) in [6.45, 7) is 1.58. The van der Waals surface area contributed by atoms with Crippen molar-refractivity contribution < 1.29 is 13.0 Å². The van der Waals surface area contributed by atoms with E-state index in [2.05, 4.69) is 4.98 Å². The van der Waals surface area contributed by atoms with Gasteiger partial charge < -0.3 is 4.98 Å². The van der Waals surface area contributed by atoms with Crippen molar-refractivity contribution in [3.05, 3.63) is 38.5 Å². The number of hydrogen-bond acceptors (Lipinski definition) is 4. The topological polar surface area (TPSA) is 120 Å². The number of rotatable bonds is 1. The lowest BCUT2D eigenvalue weighted by Crippen LogP contribution is -2.23. The van der Waals surface area contributed by atoms with Crippen LogP contribution in [0, 0.1) is 6.92 Å². The monoisotopic (exact) mass is 256 g/mol. The minimum atomic E-state index is -4.53. The summed E-state index contributed by atoms with van der Waals surface area (Å²) in [6, 6.07) is 2.60. The zero-order chi connectivity index (χ0) is 12.8. The third kappa shape index (κ3) is 1.99. The van der Waals surface area contributed by atoms with Crippen LogP contribution < -0.4 is 11.2 Å². The van der Waals surface area contributed by atoms with Crippen molar-refractivity contribution in [1.29, 1.82) is 0 Å². The fourth-order valence-electron chi connectivity index (χ4n) is 1.61. The van der Waals surface area contributed by atoms with Crippen molar-refractivity contribution in [1.82, 2.24) is 9.97 Å². The molecule has 0 fully saturated rings. The Labute approximate surface area is 94.9 Å². The Balaban J connectivity index is 3.15. The van der Waals surface area contributed by atoms with E-state index in [1.54, 1.807) is 6.92 Å². The maximum atomic E-state index is 11.5. The molecule has 0 atom stereocenters. The lowest BCUT2D eigenvalue weighted by Gasteiger charge is -2.04. The molecular formula is C9H8N2O5S. The number of hydrogen-bond donors (Lipinski definition) is 3. The molecular weight excluding hydrogens is 248 g/mol. The molecule has 0 aliphatic heterocycles. The number of aryl methyl sites for hydroxylation is 1. The average molecular weight is 256 g/mol. The molecule has 0 aliphatic rings. The van der Waals surface area contributed by atoms with Crippen LogP contribution in [0.1, 0.15) is 5.56 Å². The van der Waals surface area contributed by atoms with Crippen molar-refractivity contribution in [3.8, 4) is 0 Å². The quantitative estimate of drug-likeness (QED) is 0.609. The van der Waals surface area contributed by atoms with E-state index in [-0.39, 0.29) is 10.9 Å². The summed E-state index contributed by atoms with van der Waals surface area (Å²) in [4.78, 5) is 26.3. The van der Waals surface area contributed by atoms with Gasteiger partial charge in [-0.25, -0.2) is 4.79 Å². The molecule has 2 rings (SSSR count). The Hall–Kier alpha value is -1.93. The smallest absolute Gasteiger partial charge is 0.307 e. The van der Waals surface area contributed by atoms with E-state index in [1.807, 2.05) is 4.98 Å². The third-order valence-electron chi connectivity index (χ3n) is 2.23. The molecule has 0 saturated carbocycles. The Morgan fingerprint density at radius 1 is 1.18 bits per heavy atom. The predicted molar refractivity (Wildman–Crippen MR) is 59.7 cm³/mol. The van der Waals surface area contributed by atoms with Gasteiger partial charge in [-0.3, -0.25) is 14.3 Å². The van der Waals surface area contributed by atoms with Crippen LogP contribution in [0.15, 0.2) is 26.6 Å². The van der Waals surface area contributed by atoms with Crippen LogP contribution in [-0.4, -0.2) is 22.9 Å². The van der Waals surface area contributed by atoms with Gasteiger partial charge in [0.25, 0.3) is 15.7 Å². The van der Waals surface area contributed by atoms with Crippen molar-refractivity contribution in [2.75, 3.05) is 0 Å². The first-order chi connectivity index (χ1) is 7.79. The number of fused-ring (bicyclic) bond motifs is 1. The second-order valence-electron chi connectivity index (χ2n) is 3.57. The first-order valence-electron chi connectivity index (χ1n) is 4.53. The Morgan fingerprint density at radius 2 is 1.82 bits per heavy atom. The van der Waals surface area contributed by atoms with E-state index in [0.29, 0.717) is 5.56 Å². The molecule has 1 aromatic carbocycles. The van der Waals surface area contributed by atoms with Crippen LogP contribution in [0.2, 0.25) is 0 Å². The minimum Gasteiger partial charge on any atom is -0.307 e. The highest BCUT2D eigenvalue weighted by atomic mass is 32.2. The molecule has 0 bridgehead atoms. The summed E-state index contributed by atoms with van der Waals surface area (Å²) in [7, 11) is -4.53. The number of benzene rings is 1. The van der Waals surface area contributed by atoms with Crippen molar-refractivity contribution >= 4 is 21.0 Å². The summed E-state index contributed by atoms with van der Waals surface area (Å²) in [5.41, 5.74) is -1.05. The van der Waals surface area contributed by atoms with Crippen molar-refractivity contribution in [2.24, 2.45) is 0 Å². The van der Waals surface area contributed by atoms with E-state index in [9.17, 15) is 18.0 Å². The molecule has 0 amide bonds. The molecule has 2 aromatic rings. The van der Waals surface area contributed by atoms with E-state index in [1.165, 1.54) is 6.07 Å². The number of aromatic nitrogens is 2. The highest BCUT2D eigenvalue weighted by Gasteiger charge is 2.17. The van der Waals surface area contributed by atoms with Crippen molar-refractivity contribution in [2.45, 2.75) is 11.8 Å². The molecule has 1 aromatic heterocycles. The first-order valence-corrected chi connectivity index (χ1v) is 5.97. The van der Waals surface area contributed by atoms with E-state index in [0.717, 1.165) is 6.07 Å². The third-order valence-corrected chi connectivity index (χ3v) is 3.10. The Kier molecular flexibility index (Phi) is 2.40. The lowest BCUT2D eigenvalue weighted by molar-refractivity contribution is 0.484. The van der Waals surface area contributed by atoms with Crippen LogP contribution in [0.5, 0.6) is 0 Å². The second kappa shape index (κ2) is 3.54. The van der Waals surface area contributed by atoms with E-state index >= 15 is 0 Å². The molecule has 0 unspecified atom stereocenters. The van der Waals surface area contributed by atoms with E-state index in [4.69, 9.17) is 4.55 Å². The van der Waals surface area contributed by atoms with Gasteiger partial charge in [-0.15, -0.1) is 0 Å². The minimum absolute atomic E-state index is 0.0615. The average Bonchev–Trinajstić information content (AvgIpc) is 2.13. The fourth-order valence-corrected chi connectivity index (χ4v) is 2.40. The molecule has 17 heavy (non-hydrogen) atoms. The van der Waals surface area contributed by atoms with Gasteiger partial charge in [0, 0.05) is 0 Å². The number of nitrogens with one attached hydrogen (secondary N) is 2. The molecule has 3 N–H and O–H groups in total. The van der Waals surface area contributed by atoms with Crippen LogP contribution in [0.25, 0.3) is 10.9 Å². The highest BCUT2D eigenvalue weighted by Crippen LogP contribution is 2.19. The summed E-state index contributed by atoms with van der Waals surface area (Å²) in [5, 5.41) is -0.266. The van der Waals surface area contributed by atoms with Crippen LogP contribution in [0.3, 0.4) is 0 Å². The molecule has 0 spiro atoms. The summed E-state index contributed by atoms with van der Waals surface area (Å²) in [6.07, 6.45) is 0. The SMILES string of the molecule is Cc1cc(S(=O)(=O)O)c2c(=O)[nH]c(=O)[nH]c2c1. The molecule has 0 saturated heterocycles. The zero-order valence-electron chi connectivity index (χ0n) is 8.64. The van der Waals surface area contributed by atoms with Gasteiger partial charge in [0.1, 0.15) is 4.90 Å². The van der Waals surface area contributed by atoms with Gasteiger partial charge in [-0.2, -0.15) is 8.42 Å². The molecule has 7 nitrogen and oxygen atoms in total. The molecule has 0 radical (unpaired) electrons. The van der Waals surface area contributed by atoms with Gasteiger partial charge in [0.2, 0.25) is 0 Å². The van der Waals surface area contributed by atoms with Crippen LogP contribution in [0.4, 0.5) is 0 Å². The maximum absolute atomic E-state index is 11.5. The predicted octanol–water partition coefficient (Wildman–Crippen LogP) is -0.228. The molecule has 1 heterocycles. The van der Waals surface area contributed by atoms with Crippen molar-refractivity contribution in [3.63, 3.8) is 0 Å². The number of H-pyrrole nitrogens is 2. The Bertz CT molecular complexity index is 815. The standard InChI is InChI=1S/C9H8N2O5S/c1-4-2-5-7(6(3-4)17(14,15)16)8(12)11-9(13)10-5/h2-3H,1H3,(H,14,15,16)(H2,10,11,12,13). The summed E-state index contributed by atoms with van der Waals surface area (Å²) < 4.78 is 31.3.